The van der Waals surface area contributed by atoms with Gasteiger partial charge in [-0.05, 0) is 30.6 Å². The summed E-state index contributed by atoms with van der Waals surface area (Å²) in [5, 5.41) is 8.76. The van der Waals surface area contributed by atoms with Crippen molar-refractivity contribution in [2.24, 2.45) is 5.41 Å². The van der Waals surface area contributed by atoms with Gasteiger partial charge in [0.1, 0.15) is 6.07 Å². The van der Waals surface area contributed by atoms with Crippen molar-refractivity contribution in [3.63, 3.8) is 0 Å². The van der Waals surface area contributed by atoms with Gasteiger partial charge in [0.15, 0.2) is 9.04 Å². The molecule has 0 amide bonds. The number of pyridine rings is 1. The molecule has 1 aromatic rings. The van der Waals surface area contributed by atoms with Gasteiger partial charge in [0, 0.05) is 6.20 Å². The molecule has 92 valence electrons. The van der Waals surface area contributed by atoms with Crippen LogP contribution in [-0.2, 0) is 4.43 Å². The van der Waals surface area contributed by atoms with Crippen LogP contribution in [0.15, 0.2) is 18.3 Å². The molecule has 3 nitrogen and oxygen atoms in total. The monoisotopic (exact) mass is 248 g/mol. The molecule has 4 heteroatoms. The summed E-state index contributed by atoms with van der Waals surface area (Å²) in [6.45, 7) is 10.8. The summed E-state index contributed by atoms with van der Waals surface area (Å²) in [6, 6.07) is 5.77. The van der Waals surface area contributed by atoms with Crippen molar-refractivity contribution in [1.29, 1.82) is 5.26 Å². The topological polar surface area (TPSA) is 45.9 Å². The quantitative estimate of drug-likeness (QED) is 0.772. The molecule has 0 fully saturated rings. The van der Waals surface area contributed by atoms with Gasteiger partial charge in [-0.25, -0.2) is 0 Å². The summed E-state index contributed by atoms with van der Waals surface area (Å²) in [5.41, 5.74) is 1.51. The Labute approximate surface area is 105 Å². The van der Waals surface area contributed by atoms with E-state index < -0.39 is 9.04 Å². The average Bonchev–Trinajstić information content (AvgIpc) is 2.24. The predicted molar refractivity (Wildman–Crippen MR) is 71.1 cm³/mol. The first-order valence-corrected chi connectivity index (χ1v) is 8.64. The lowest BCUT2D eigenvalue weighted by atomic mass is 9.87. The van der Waals surface area contributed by atoms with Gasteiger partial charge in [0.25, 0.3) is 0 Å². The third-order valence-corrected chi connectivity index (χ3v) is 3.20. The van der Waals surface area contributed by atoms with Crippen molar-refractivity contribution in [2.75, 3.05) is 0 Å². The Bertz CT molecular complexity index is 401. The highest BCUT2D eigenvalue weighted by atomic mass is 28.3. The molecule has 0 radical (unpaired) electrons. The van der Waals surface area contributed by atoms with E-state index in [9.17, 15) is 0 Å². The van der Waals surface area contributed by atoms with Crippen LogP contribution in [0.2, 0.25) is 13.1 Å². The molecule has 1 unspecified atom stereocenters. The van der Waals surface area contributed by atoms with E-state index in [0.717, 1.165) is 5.69 Å². The van der Waals surface area contributed by atoms with E-state index in [1.807, 2.05) is 6.07 Å². The van der Waals surface area contributed by atoms with Gasteiger partial charge in [-0.3, -0.25) is 4.98 Å². The van der Waals surface area contributed by atoms with Crippen LogP contribution in [0, 0.1) is 16.7 Å². The van der Waals surface area contributed by atoms with Gasteiger partial charge >= 0.3 is 0 Å². The van der Waals surface area contributed by atoms with E-state index in [-0.39, 0.29) is 11.5 Å². The largest absolute Gasteiger partial charge is 0.412 e. The number of hydrogen-bond acceptors (Lipinski definition) is 3. The maximum absolute atomic E-state index is 8.76. The highest BCUT2D eigenvalue weighted by Gasteiger charge is 2.28. The number of rotatable bonds is 3. The van der Waals surface area contributed by atoms with Gasteiger partial charge in [0.2, 0.25) is 0 Å². The van der Waals surface area contributed by atoms with E-state index in [1.165, 1.54) is 0 Å². The Morgan fingerprint density at radius 1 is 1.35 bits per heavy atom. The van der Waals surface area contributed by atoms with Gasteiger partial charge in [-0.2, -0.15) is 5.26 Å². The Balaban J connectivity index is 3.01. The molecule has 17 heavy (non-hydrogen) atoms. The minimum absolute atomic E-state index is 0.00177. The third kappa shape index (κ3) is 3.95. The first-order valence-electron chi connectivity index (χ1n) is 5.86. The minimum atomic E-state index is -1.12. The number of hydrogen-bond donors (Lipinski definition) is 0. The lowest BCUT2D eigenvalue weighted by Crippen LogP contribution is -2.26. The summed E-state index contributed by atoms with van der Waals surface area (Å²) in [7, 11) is -1.12. The molecule has 1 rings (SSSR count). The predicted octanol–water partition coefficient (Wildman–Crippen LogP) is 3.04. The van der Waals surface area contributed by atoms with Gasteiger partial charge < -0.3 is 4.43 Å². The van der Waals surface area contributed by atoms with Crippen molar-refractivity contribution in [3.05, 3.63) is 29.6 Å². The molecule has 0 bridgehead atoms. The van der Waals surface area contributed by atoms with Crippen molar-refractivity contribution < 1.29 is 4.43 Å². The lowest BCUT2D eigenvalue weighted by molar-refractivity contribution is 0.0827. The zero-order chi connectivity index (χ0) is 13.1. The minimum Gasteiger partial charge on any atom is -0.412 e. The average molecular weight is 248 g/mol. The Morgan fingerprint density at radius 3 is 2.35 bits per heavy atom. The fraction of sp³-hybridized carbons (Fsp3) is 0.538. The summed E-state index contributed by atoms with van der Waals surface area (Å²) >= 11 is 0. The lowest BCUT2D eigenvalue weighted by Gasteiger charge is -2.32. The molecule has 0 aromatic carbocycles. The van der Waals surface area contributed by atoms with Crippen LogP contribution in [0.4, 0.5) is 0 Å². The van der Waals surface area contributed by atoms with E-state index in [4.69, 9.17) is 9.69 Å². The Kier molecular flexibility index (Phi) is 4.44. The molecule has 1 aromatic heterocycles. The normalized spacial score (nSPS) is 13.5. The SMILES string of the molecule is C[SiH](C)OC(c1ccc(C#N)cn1)C(C)(C)C. The number of aromatic nitrogens is 1. The molecule has 1 atom stereocenters. The van der Waals surface area contributed by atoms with Crippen LogP contribution in [0.1, 0.15) is 38.1 Å². The fourth-order valence-electron chi connectivity index (χ4n) is 1.62. The van der Waals surface area contributed by atoms with Crippen LogP contribution in [0.3, 0.4) is 0 Å². The van der Waals surface area contributed by atoms with Crippen molar-refractivity contribution in [3.8, 4) is 6.07 Å². The molecule has 0 saturated heterocycles. The molecule has 0 aliphatic rings. The summed E-state index contributed by atoms with van der Waals surface area (Å²) in [6.07, 6.45) is 1.61. The van der Waals surface area contributed by atoms with Crippen LogP contribution in [0.25, 0.3) is 0 Å². The zero-order valence-electron chi connectivity index (χ0n) is 11.2. The Hall–Kier alpha value is -1.18. The molecule has 0 saturated carbocycles. The number of nitriles is 1. The zero-order valence-corrected chi connectivity index (χ0v) is 12.3. The second-order valence-electron chi connectivity index (χ2n) is 5.51. The maximum Gasteiger partial charge on any atom is 0.171 e. The van der Waals surface area contributed by atoms with Gasteiger partial charge in [-0.1, -0.05) is 20.8 Å². The summed E-state index contributed by atoms with van der Waals surface area (Å²) in [5.74, 6) is 0. The standard InChI is InChI=1S/C13H20N2OSi/c1-13(2,3)12(16-17(4)5)11-7-6-10(8-14)9-15-11/h6-7,9,12,17H,1-5H3. The van der Waals surface area contributed by atoms with E-state index in [2.05, 4.69) is 44.9 Å². The van der Waals surface area contributed by atoms with Gasteiger partial charge in [0.05, 0.1) is 17.4 Å². The molecular formula is C13H20N2OSi. The first kappa shape index (κ1) is 13.9. The second-order valence-corrected chi connectivity index (χ2v) is 7.88. The number of nitrogens with zero attached hydrogens (tertiary/aromatic N) is 2. The van der Waals surface area contributed by atoms with E-state index >= 15 is 0 Å². The summed E-state index contributed by atoms with van der Waals surface area (Å²) in [4.78, 5) is 4.34. The first-order chi connectivity index (χ1) is 7.84. The molecule has 0 spiro atoms. The van der Waals surface area contributed by atoms with E-state index in [0.29, 0.717) is 5.56 Å². The molecule has 0 aliphatic carbocycles. The molecule has 0 aliphatic heterocycles. The van der Waals surface area contributed by atoms with Crippen LogP contribution in [0.5, 0.6) is 0 Å². The van der Waals surface area contributed by atoms with E-state index in [1.54, 1.807) is 12.3 Å². The molecular weight excluding hydrogens is 228 g/mol. The van der Waals surface area contributed by atoms with Crippen molar-refractivity contribution >= 4 is 9.04 Å². The van der Waals surface area contributed by atoms with Crippen LogP contribution >= 0.6 is 0 Å². The van der Waals surface area contributed by atoms with Crippen LogP contribution in [-0.4, -0.2) is 14.0 Å². The smallest absolute Gasteiger partial charge is 0.171 e. The molecule has 1 heterocycles. The fourth-order valence-corrected chi connectivity index (χ4v) is 2.71. The van der Waals surface area contributed by atoms with Gasteiger partial charge in [-0.15, -0.1) is 0 Å². The second kappa shape index (κ2) is 5.43. The van der Waals surface area contributed by atoms with Crippen molar-refractivity contribution in [2.45, 2.75) is 40.0 Å². The maximum atomic E-state index is 8.76. The summed E-state index contributed by atoms with van der Waals surface area (Å²) < 4.78 is 6.07. The highest BCUT2D eigenvalue weighted by molar-refractivity contribution is 6.48. The Morgan fingerprint density at radius 2 is 2.00 bits per heavy atom. The highest BCUT2D eigenvalue weighted by Crippen LogP contribution is 2.35. The van der Waals surface area contributed by atoms with Crippen molar-refractivity contribution in [1.82, 2.24) is 4.98 Å². The third-order valence-electron chi connectivity index (χ3n) is 2.38. The molecule has 0 N–H and O–H groups in total. The van der Waals surface area contributed by atoms with Crippen LogP contribution < -0.4 is 0 Å².